The number of hydrogen-bond acceptors (Lipinski definition) is 2. The van der Waals surface area contributed by atoms with Crippen molar-refractivity contribution in [3.05, 3.63) is 34.9 Å². The van der Waals surface area contributed by atoms with Crippen LogP contribution in [0.1, 0.15) is 73.1 Å². The molecule has 0 unspecified atom stereocenters. The summed E-state index contributed by atoms with van der Waals surface area (Å²) in [5, 5.41) is 10.7. The van der Waals surface area contributed by atoms with Crippen LogP contribution in [0.15, 0.2) is 34.9 Å². The highest BCUT2D eigenvalue weighted by Crippen LogP contribution is 2.33. The number of aliphatic hydroxyl groups is 1. The topological polar surface area (TPSA) is 37.3 Å². The molecular weight excluding hydrogens is 272 g/mol. The zero-order valence-electron chi connectivity index (χ0n) is 14.9. The van der Waals surface area contributed by atoms with Crippen LogP contribution in [0.2, 0.25) is 0 Å². The predicted octanol–water partition coefficient (Wildman–Crippen LogP) is 5.14. The molecule has 22 heavy (non-hydrogen) atoms. The molecule has 124 valence electrons. The van der Waals surface area contributed by atoms with Gasteiger partial charge in [0.05, 0.1) is 5.60 Å². The monoisotopic (exact) mass is 304 g/mol. The van der Waals surface area contributed by atoms with Gasteiger partial charge in [-0.15, -0.1) is 0 Å². The van der Waals surface area contributed by atoms with Gasteiger partial charge in [0.1, 0.15) is 0 Å². The standard InChI is InChI=1S/C20H32O2/c1-15(2)8-6-9-16(3)10-7-13-20(5,22)18-12-11-17(4)19(21)14-18/h8,10-11,18,22H,6-7,9,12-14H2,1-5H3/b16-10+/t18-,20+/m1/s1. The van der Waals surface area contributed by atoms with Crippen LogP contribution in [0.5, 0.6) is 0 Å². The van der Waals surface area contributed by atoms with Gasteiger partial charge in [-0.25, -0.2) is 0 Å². The summed E-state index contributed by atoms with van der Waals surface area (Å²) < 4.78 is 0. The summed E-state index contributed by atoms with van der Waals surface area (Å²) in [5.74, 6) is 0.244. The van der Waals surface area contributed by atoms with E-state index in [1.54, 1.807) is 0 Å². The van der Waals surface area contributed by atoms with Crippen molar-refractivity contribution in [2.24, 2.45) is 5.92 Å². The Kier molecular flexibility index (Phi) is 7.28. The average molecular weight is 304 g/mol. The number of hydrogen-bond donors (Lipinski definition) is 1. The Balaban J connectivity index is 2.45. The van der Waals surface area contributed by atoms with Crippen LogP contribution in [-0.2, 0) is 4.79 Å². The second-order valence-electron chi connectivity index (χ2n) is 7.21. The van der Waals surface area contributed by atoms with Crippen LogP contribution in [0, 0.1) is 5.92 Å². The average Bonchev–Trinajstić information content (AvgIpc) is 2.41. The lowest BCUT2D eigenvalue weighted by Crippen LogP contribution is -2.37. The Bertz CT molecular complexity index is 474. The molecule has 2 heteroatoms. The summed E-state index contributed by atoms with van der Waals surface area (Å²) in [7, 11) is 0. The molecule has 0 aromatic carbocycles. The molecule has 0 saturated heterocycles. The third-order valence-electron chi connectivity index (χ3n) is 4.69. The van der Waals surface area contributed by atoms with Gasteiger partial charge < -0.3 is 5.11 Å². The maximum atomic E-state index is 11.8. The van der Waals surface area contributed by atoms with Crippen molar-refractivity contribution >= 4 is 5.78 Å². The van der Waals surface area contributed by atoms with Crippen LogP contribution < -0.4 is 0 Å². The highest BCUT2D eigenvalue weighted by molar-refractivity contribution is 5.95. The van der Waals surface area contributed by atoms with Gasteiger partial charge in [0.15, 0.2) is 5.78 Å². The third kappa shape index (κ3) is 6.31. The van der Waals surface area contributed by atoms with Crippen molar-refractivity contribution in [1.82, 2.24) is 0 Å². The van der Waals surface area contributed by atoms with E-state index in [0.717, 1.165) is 37.7 Å². The molecular formula is C20H32O2. The quantitative estimate of drug-likeness (QED) is 0.662. The molecule has 1 N–H and O–H groups in total. The van der Waals surface area contributed by atoms with Crippen molar-refractivity contribution in [2.75, 3.05) is 0 Å². The van der Waals surface area contributed by atoms with E-state index in [-0.39, 0.29) is 11.7 Å². The fraction of sp³-hybridized carbons (Fsp3) is 0.650. The van der Waals surface area contributed by atoms with Crippen molar-refractivity contribution in [3.8, 4) is 0 Å². The highest BCUT2D eigenvalue weighted by atomic mass is 16.3. The summed E-state index contributed by atoms with van der Waals surface area (Å²) in [6, 6.07) is 0. The van der Waals surface area contributed by atoms with Gasteiger partial charge in [-0.2, -0.15) is 0 Å². The molecule has 0 saturated carbocycles. The molecule has 1 aliphatic carbocycles. The highest BCUT2D eigenvalue weighted by Gasteiger charge is 2.34. The van der Waals surface area contributed by atoms with Crippen molar-refractivity contribution in [3.63, 3.8) is 0 Å². The van der Waals surface area contributed by atoms with Gasteiger partial charge in [0.25, 0.3) is 0 Å². The first kappa shape index (κ1) is 18.9. The molecule has 1 aliphatic rings. The molecule has 0 aliphatic heterocycles. The second kappa shape index (κ2) is 8.47. The number of carbonyl (C=O) groups excluding carboxylic acids is 1. The Labute approximate surface area is 136 Å². The lowest BCUT2D eigenvalue weighted by molar-refractivity contribution is -0.119. The van der Waals surface area contributed by atoms with E-state index in [1.165, 1.54) is 11.1 Å². The summed E-state index contributed by atoms with van der Waals surface area (Å²) >= 11 is 0. The van der Waals surface area contributed by atoms with Crippen LogP contribution in [0.4, 0.5) is 0 Å². The van der Waals surface area contributed by atoms with Gasteiger partial charge >= 0.3 is 0 Å². The summed E-state index contributed by atoms with van der Waals surface area (Å²) in [4.78, 5) is 11.8. The molecule has 0 spiro atoms. The van der Waals surface area contributed by atoms with E-state index in [4.69, 9.17) is 0 Å². The lowest BCUT2D eigenvalue weighted by Gasteiger charge is -2.34. The maximum Gasteiger partial charge on any atom is 0.158 e. The first-order valence-corrected chi connectivity index (χ1v) is 8.43. The van der Waals surface area contributed by atoms with E-state index >= 15 is 0 Å². The number of Topliss-reactive ketones (excluding diaryl/α,β-unsaturated/α-hetero) is 1. The first-order valence-electron chi connectivity index (χ1n) is 8.43. The SMILES string of the molecule is CC(C)=CCC/C(C)=C/CC[C@](C)(O)[C@@H]1CC=C(C)C(=O)C1. The predicted molar refractivity (Wildman–Crippen MR) is 93.8 cm³/mol. The minimum atomic E-state index is -0.760. The number of carbonyl (C=O) groups is 1. The Morgan fingerprint density at radius 2 is 2.00 bits per heavy atom. The molecule has 0 fully saturated rings. The smallest absolute Gasteiger partial charge is 0.158 e. The molecule has 2 atom stereocenters. The normalized spacial score (nSPS) is 22.1. The Morgan fingerprint density at radius 1 is 1.32 bits per heavy atom. The summed E-state index contributed by atoms with van der Waals surface area (Å²) in [5.41, 5.74) is 2.83. The minimum absolute atomic E-state index is 0.0584. The molecule has 0 radical (unpaired) electrons. The number of ketones is 1. The number of allylic oxidation sites excluding steroid dienone is 6. The molecule has 0 amide bonds. The van der Waals surface area contributed by atoms with Crippen LogP contribution in [-0.4, -0.2) is 16.5 Å². The van der Waals surface area contributed by atoms with Gasteiger partial charge in [-0.05, 0) is 78.2 Å². The van der Waals surface area contributed by atoms with E-state index < -0.39 is 5.60 Å². The number of rotatable bonds is 7. The van der Waals surface area contributed by atoms with E-state index in [0.29, 0.717) is 6.42 Å². The largest absolute Gasteiger partial charge is 0.390 e. The first-order chi connectivity index (χ1) is 10.2. The van der Waals surface area contributed by atoms with E-state index in [9.17, 15) is 9.90 Å². The zero-order valence-corrected chi connectivity index (χ0v) is 14.9. The Hall–Kier alpha value is -1.15. The van der Waals surface area contributed by atoms with Crippen molar-refractivity contribution in [2.45, 2.75) is 78.7 Å². The van der Waals surface area contributed by atoms with Gasteiger partial charge in [-0.3, -0.25) is 4.79 Å². The lowest BCUT2D eigenvalue weighted by atomic mass is 9.76. The molecule has 2 nitrogen and oxygen atoms in total. The van der Waals surface area contributed by atoms with Gasteiger partial charge in [0, 0.05) is 6.42 Å². The molecule has 0 aromatic rings. The molecule has 1 rings (SSSR count). The van der Waals surface area contributed by atoms with Crippen molar-refractivity contribution < 1.29 is 9.90 Å². The summed E-state index contributed by atoms with van der Waals surface area (Å²) in [6.45, 7) is 10.1. The van der Waals surface area contributed by atoms with Gasteiger partial charge in [-0.1, -0.05) is 29.4 Å². The van der Waals surface area contributed by atoms with Crippen LogP contribution >= 0.6 is 0 Å². The minimum Gasteiger partial charge on any atom is -0.390 e. The van der Waals surface area contributed by atoms with E-state index in [2.05, 4.69) is 32.9 Å². The van der Waals surface area contributed by atoms with Crippen molar-refractivity contribution in [1.29, 1.82) is 0 Å². The van der Waals surface area contributed by atoms with Crippen LogP contribution in [0.25, 0.3) is 0 Å². The van der Waals surface area contributed by atoms with Gasteiger partial charge in [0.2, 0.25) is 0 Å². The molecule has 0 bridgehead atoms. The fourth-order valence-electron chi connectivity index (χ4n) is 2.88. The van der Waals surface area contributed by atoms with E-state index in [1.807, 2.05) is 19.9 Å². The molecule has 0 aromatic heterocycles. The van der Waals surface area contributed by atoms with Crippen LogP contribution in [0.3, 0.4) is 0 Å². The zero-order chi connectivity index (χ0) is 16.8. The second-order valence-corrected chi connectivity index (χ2v) is 7.21. The summed E-state index contributed by atoms with van der Waals surface area (Å²) in [6.07, 6.45) is 11.5. The third-order valence-corrected chi connectivity index (χ3v) is 4.69. The molecule has 0 heterocycles. The maximum absolute atomic E-state index is 11.8. The fourth-order valence-corrected chi connectivity index (χ4v) is 2.88. The Morgan fingerprint density at radius 3 is 2.59 bits per heavy atom.